The number of nitrogens with two attached hydrogens (primary N) is 1. The molecule has 1 amide bonds. The Labute approximate surface area is 105 Å². The van der Waals surface area contributed by atoms with Gasteiger partial charge in [0, 0.05) is 6.42 Å². The molecular weight excluding hydrogens is 234 g/mol. The van der Waals surface area contributed by atoms with Crippen molar-refractivity contribution in [1.82, 2.24) is 0 Å². The molecule has 0 saturated heterocycles. The Kier molecular flexibility index (Phi) is 3.23. The van der Waals surface area contributed by atoms with Crippen LogP contribution in [0.1, 0.15) is 28.4 Å². The molecule has 0 spiro atoms. The summed E-state index contributed by atoms with van der Waals surface area (Å²) in [5.41, 5.74) is 7.36. The van der Waals surface area contributed by atoms with Gasteiger partial charge in [-0.25, -0.2) is 9.59 Å². The molecule has 1 heterocycles. The Morgan fingerprint density at radius 3 is 2.94 bits per heavy atom. The van der Waals surface area contributed by atoms with Gasteiger partial charge in [0.2, 0.25) is 0 Å². The average molecular weight is 249 g/mol. The van der Waals surface area contributed by atoms with Crippen LogP contribution in [0, 0.1) is 6.92 Å². The summed E-state index contributed by atoms with van der Waals surface area (Å²) in [6, 6.07) is 5.64. The number of esters is 1. The molecule has 2 atom stereocenters. The lowest BCUT2D eigenvalue weighted by Crippen LogP contribution is -2.39. The van der Waals surface area contributed by atoms with Crippen LogP contribution in [0.15, 0.2) is 18.2 Å². The topological polar surface area (TPSA) is 78.6 Å². The molecule has 2 unspecified atom stereocenters. The van der Waals surface area contributed by atoms with Crippen LogP contribution >= 0.6 is 0 Å². The molecule has 1 aliphatic rings. The van der Waals surface area contributed by atoms with E-state index in [-0.39, 0.29) is 5.97 Å². The number of amides is 1. The molecule has 18 heavy (non-hydrogen) atoms. The van der Waals surface area contributed by atoms with E-state index in [1.807, 2.05) is 25.1 Å². The molecule has 0 fully saturated rings. The van der Waals surface area contributed by atoms with Gasteiger partial charge < -0.3 is 15.2 Å². The normalized spacial score (nSPS) is 19.7. The Morgan fingerprint density at radius 2 is 2.28 bits per heavy atom. The average Bonchev–Trinajstić information content (AvgIpc) is 2.27. The zero-order valence-electron chi connectivity index (χ0n) is 10.3. The Balaban J connectivity index is 2.23. The van der Waals surface area contributed by atoms with Crippen LogP contribution < -0.4 is 5.73 Å². The van der Waals surface area contributed by atoms with Gasteiger partial charge in [-0.2, -0.15) is 0 Å². The first kappa shape index (κ1) is 12.4. The molecule has 1 aliphatic heterocycles. The van der Waals surface area contributed by atoms with Crippen molar-refractivity contribution in [3.8, 4) is 0 Å². The zero-order chi connectivity index (χ0) is 13.3. The van der Waals surface area contributed by atoms with Gasteiger partial charge >= 0.3 is 12.1 Å². The zero-order valence-corrected chi connectivity index (χ0v) is 10.3. The van der Waals surface area contributed by atoms with E-state index < -0.39 is 18.3 Å². The molecule has 2 rings (SSSR count). The predicted molar refractivity (Wildman–Crippen MR) is 64.2 cm³/mol. The van der Waals surface area contributed by atoms with E-state index in [2.05, 4.69) is 0 Å². The molecular formula is C13H15NO4. The minimum absolute atomic E-state index is 0.376. The van der Waals surface area contributed by atoms with E-state index in [1.165, 1.54) is 0 Å². The second-order valence-corrected chi connectivity index (χ2v) is 4.40. The molecule has 1 aromatic carbocycles. The standard InChI is InChI=1S/C13H15NO4/c1-7-4-3-5-9-6-10(8(2)17-13(14)16)18-12(15)11(7)9/h3-5,8,10H,6H2,1-2H3,(H2,14,16). The second kappa shape index (κ2) is 4.68. The lowest BCUT2D eigenvalue weighted by molar-refractivity contribution is -0.0217. The summed E-state index contributed by atoms with van der Waals surface area (Å²) >= 11 is 0. The number of hydrogen-bond acceptors (Lipinski definition) is 4. The first-order valence-corrected chi connectivity index (χ1v) is 5.74. The third-order valence-corrected chi connectivity index (χ3v) is 3.07. The van der Waals surface area contributed by atoms with Crippen molar-refractivity contribution in [2.75, 3.05) is 0 Å². The Bertz CT molecular complexity index is 498. The number of cyclic esters (lactones) is 1. The molecule has 2 N–H and O–H groups in total. The van der Waals surface area contributed by atoms with Gasteiger partial charge in [-0.3, -0.25) is 0 Å². The monoisotopic (exact) mass is 249 g/mol. The van der Waals surface area contributed by atoms with Crippen molar-refractivity contribution in [3.63, 3.8) is 0 Å². The molecule has 0 bridgehead atoms. The van der Waals surface area contributed by atoms with Crippen molar-refractivity contribution in [2.45, 2.75) is 32.5 Å². The third-order valence-electron chi connectivity index (χ3n) is 3.07. The van der Waals surface area contributed by atoms with Gasteiger partial charge in [0.15, 0.2) is 0 Å². The maximum absolute atomic E-state index is 11.9. The fourth-order valence-corrected chi connectivity index (χ4v) is 2.17. The van der Waals surface area contributed by atoms with E-state index in [0.29, 0.717) is 12.0 Å². The number of rotatable bonds is 2. The van der Waals surface area contributed by atoms with Crippen LogP contribution in [0.25, 0.3) is 0 Å². The first-order valence-electron chi connectivity index (χ1n) is 5.74. The van der Waals surface area contributed by atoms with Crippen LogP contribution in [0.4, 0.5) is 4.79 Å². The van der Waals surface area contributed by atoms with Crippen molar-refractivity contribution >= 4 is 12.1 Å². The predicted octanol–water partition coefficient (Wildman–Crippen LogP) is 1.56. The number of aryl methyl sites for hydroxylation is 1. The lowest BCUT2D eigenvalue weighted by Gasteiger charge is -2.29. The van der Waals surface area contributed by atoms with Gasteiger partial charge in [-0.05, 0) is 25.0 Å². The lowest BCUT2D eigenvalue weighted by atomic mass is 9.93. The summed E-state index contributed by atoms with van der Waals surface area (Å²) in [6.07, 6.45) is -1.38. The van der Waals surface area contributed by atoms with Gasteiger partial charge in [-0.15, -0.1) is 0 Å². The van der Waals surface area contributed by atoms with Crippen LogP contribution in [0.5, 0.6) is 0 Å². The molecule has 0 aliphatic carbocycles. The quantitative estimate of drug-likeness (QED) is 0.807. The molecule has 0 aromatic heterocycles. The second-order valence-electron chi connectivity index (χ2n) is 4.40. The number of benzene rings is 1. The van der Waals surface area contributed by atoms with Crippen molar-refractivity contribution in [3.05, 3.63) is 34.9 Å². The van der Waals surface area contributed by atoms with Crippen LogP contribution in [-0.2, 0) is 15.9 Å². The van der Waals surface area contributed by atoms with Gasteiger partial charge in [-0.1, -0.05) is 18.2 Å². The largest absolute Gasteiger partial charge is 0.454 e. The summed E-state index contributed by atoms with van der Waals surface area (Å²) in [5.74, 6) is -0.376. The van der Waals surface area contributed by atoms with Crippen LogP contribution in [0.3, 0.4) is 0 Å². The van der Waals surface area contributed by atoms with E-state index in [1.54, 1.807) is 6.92 Å². The van der Waals surface area contributed by atoms with Crippen molar-refractivity contribution < 1.29 is 19.1 Å². The fourth-order valence-electron chi connectivity index (χ4n) is 2.17. The third kappa shape index (κ3) is 2.30. The van der Waals surface area contributed by atoms with Gasteiger partial charge in [0.1, 0.15) is 12.2 Å². The highest BCUT2D eigenvalue weighted by atomic mass is 16.6. The first-order chi connectivity index (χ1) is 8.49. The van der Waals surface area contributed by atoms with Crippen LogP contribution in [-0.4, -0.2) is 24.3 Å². The van der Waals surface area contributed by atoms with E-state index in [0.717, 1.165) is 11.1 Å². The SMILES string of the molecule is Cc1cccc2c1C(=O)OC(C(C)OC(N)=O)C2. The molecule has 5 nitrogen and oxygen atoms in total. The Hall–Kier alpha value is -2.04. The molecule has 0 radical (unpaired) electrons. The highest BCUT2D eigenvalue weighted by Crippen LogP contribution is 2.25. The number of hydrogen-bond donors (Lipinski definition) is 1. The summed E-state index contributed by atoms with van der Waals surface area (Å²) < 4.78 is 10.1. The summed E-state index contributed by atoms with van der Waals surface area (Å²) in [4.78, 5) is 22.6. The number of primary amides is 1. The molecule has 5 heteroatoms. The fraction of sp³-hybridized carbons (Fsp3) is 0.385. The van der Waals surface area contributed by atoms with Crippen LogP contribution in [0.2, 0.25) is 0 Å². The summed E-state index contributed by atoms with van der Waals surface area (Å²) in [7, 11) is 0. The van der Waals surface area contributed by atoms with E-state index >= 15 is 0 Å². The highest BCUT2D eigenvalue weighted by Gasteiger charge is 2.32. The maximum Gasteiger partial charge on any atom is 0.404 e. The van der Waals surface area contributed by atoms with Gasteiger partial charge in [0.05, 0.1) is 5.56 Å². The van der Waals surface area contributed by atoms with E-state index in [4.69, 9.17) is 15.2 Å². The minimum atomic E-state index is -0.867. The molecule has 1 aromatic rings. The Morgan fingerprint density at radius 1 is 1.56 bits per heavy atom. The number of carbonyl (C=O) groups is 2. The van der Waals surface area contributed by atoms with Crippen molar-refractivity contribution in [2.24, 2.45) is 5.73 Å². The summed E-state index contributed by atoms with van der Waals surface area (Å²) in [5, 5.41) is 0. The molecule has 0 saturated carbocycles. The van der Waals surface area contributed by atoms with Gasteiger partial charge in [0.25, 0.3) is 0 Å². The minimum Gasteiger partial charge on any atom is -0.454 e. The molecule has 96 valence electrons. The number of carbonyl (C=O) groups excluding carboxylic acids is 2. The van der Waals surface area contributed by atoms with E-state index in [9.17, 15) is 9.59 Å². The van der Waals surface area contributed by atoms with Crippen molar-refractivity contribution in [1.29, 1.82) is 0 Å². The summed E-state index contributed by atoms with van der Waals surface area (Å²) in [6.45, 7) is 3.52. The highest BCUT2D eigenvalue weighted by molar-refractivity contribution is 5.93. The number of ether oxygens (including phenoxy) is 2. The number of fused-ring (bicyclic) bond motifs is 1. The smallest absolute Gasteiger partial charge is 0.404 e. The maximum atomic E-state index is 11.9.